The summed E-state index contributed by atoms with van der Waals surface area (Å²) in [6, 6.07) is 12.2. The lowest BCUT2D eigenvalue weighted by Gasteiger charge is -2.35. The molecule has 0 spiro atoms. The number of carbonyl (C=O) groups is 3. The van der Waals surface area contributed by atoms with Crippen LogP contribution in [-0.4, -0.2) is 47.4 Å². The molecule has 39 heavy (non-hydrogen) atoms. The van der Waals surface area contributed by atoms with Crippen molar-refractivity contribution in [2.45, 2.75) is 64.9 Å². The van der Waals surface area contributed by atoms with Gasteiger partial charge in [-0.2, -0.15) is 13.2 Å². The van der Waals surface area contributed by atoms with E-state index in [4.69, 9.17) is 9.47 Å². The van der Waals surface area contributed by atoms with Gasteiger partial charge in [-0.25, -0.2) is 0 Å². The number of rotatable bonds is 7. The quantitative estimate of drug-likeness (QED) is 0.518. The first-order chi connectivity index (χ1) is 18.2. The molecule has 2 amide bonds. The SMILES string of the molecule is COc1ccccc1CN1C(=O)[C@@](NC(=O)c2ccc(OC(C)C)cc2)(C(F)(F)F)C2=C1CC(C)(C)CC2=O. The van der Waals surface area contributed by atoms with Crippen molar-refractivity contribution in [1.29, 1.82) is 0 Å². The van der Waals surface area contributed by atoms with Crippen molar-refractivity contribution in [3.8, 4) is 11.5 Å². The lowest BCUT2D eigenvalue weighted by Crippen LogP contribution is -2.66. The number of para-hydroxylation sites is 1. The molecule has 208 valence electrons. The van der Waals surface area contributed by atoms with Gasteiger partial charge in [0.25, 0.3) is 11.8 Å². The number of benzene rings is 2. The second-order valence-electron chi connectivity index (χ2n) is 10.9. The van der Waals surface area contributed by atoms with Crippen LogP contribution in [0.4, 0.5) is 13.2 Å². The summed E-state index contributed by atoms with van der Waals surface area (Å²) in [7, 11) is 1.42. The van der Waals surface area contributed by atoms with E-state index in [0.717, 1.165) is 4.90 Å². The molecule has 1 aliphatic heterocycles. The molecule has 2 aliphatic rings. The number of nitrogens with zero attached hydrogens (tertiary/aromatic N) is 1. The van der Waals surface area contributed by atoms with Crippen LogP contribution >= 0.6 is 0 Å². The van der Waals surface area contributed by atoms with Crippen molar-refractivity contribution in [2.24, 2.45) is 5.41 Å². The Bertz CT molecular complexity index is 1330. The average Bonchev–Trinajstić information content (AvgIpc) is 3.07. The van der Waals surface area contributed by atoms with Gasteiger partial charge in [0, 0.05) is 23.2 Å². The summed E-state index contributed by atoms with van der Waals surface area (Å²) in [6.45, 7) is 6.87. The molecule has 0 fully saturated rings. The van der Waals surface area contributed by atoms with Gasteiger partial charge in [0.2, 0.25) is 5.54 Å². The van der Waals surface area contributed by atoms with Crippen LogP contribution in [0, 0.1) is 5.41 Å². The maximum atomic E-state index is 15.1. The Morgan fingerprint density at radius 1 is 1.05 bits per heavy atom. The molecule has 7 nitrogen and oxygen atoms in total. The van der Waals surface area contributed by atoms with Crippen LogP contribution in [0.15, 0.2) is 59.8 Å². The standard InChI is InChI=1S/C29H31F3N2O5/c1-17(2)39-20-12-10-18(11-13-20)25(36)33-28(29(30,31)32)24-21(14-27(3,4)15-22(24)35)34(26(28)37)16-19-8-6-7-9-23(19)38-5/h6-13,17H,14-16H2,1-5H3,(H,33,36)/t28-/m1/s1. The number of halogens is 3. The molecule has 2 aromatic carbocycles. The topological polar surface area (TPSA) is 84.9 Å². The summed E-state index contributed by atoms with van der Waals surface area (Å²) in [6.07, 6.45) is -5.59. The highest BCUT2D eigenvalue weighted by molar-refractivity contribution is 6.14. The van der Waals surface area contributed by atoms with Gasteiger partial charge in [-0.15, -0.1) is 0 Å². The summed E-state index contributed by atoms with van der Waals surface area (Å²) in [5.74, 6) is -2.58. The van der Waals surface area contributed by atoms with Crippen LogP contribution in [0.25, 0.3) is 0 Å². The molecule has 0 radical (unpaired) electrons. The van der Waals surface area contributed by atoms with Gasteiger partial charge < -0.3 is 19.7 Å². The Labute approximate surface area is 225 Å². The summed E-state index contributed by atoms with van der Waals surface area (Å²) in [5.41, 5.74) is -4.62. The first kappa shape index (κ1) is 28.2. The number of allylic oxidation sites excluding steroid dienone is 1. The maximum Gasteiger partial charge on any atom is 0.425 e. The van der Waals surface area contributed by atoms with Crippen LogP contribution in [0.2, 0.25) is 0 Å². The number of hydrogen-bond acceptors (Lipinski definition) is 5. The Balaban J connectivity index is 1.81. The van der Waals surface area contributed by atoms with E-state index in [1.54, 1.807) is 38.1 Å². The zero-order chi connectivity index (χ0) is 28.8. The van der Waals surface area contributed by atoms with Crippen molar-refractivity contribution in [3.63, 3.8) is 0 Å². The Morgan fingerprint density at radius 2 is 1.69 bits per heavy atom. The van der Waals surface area contributed by atoms with Gasteiger partial charge in [0.15, 0.2) is 5.78 Å². The summed E-state index contributed by atoms with van der Waals surface area (Å²) < 4.78 is 56.0. The third-order valence-corrected chi connectivity index (χ3v) is 6.85. The van der Waals surface area contributed by atoms with E-state index >= 15 is 13.2 Å². The molecular weight excluding hydrogens is 513 g/mol. The molecule has 0 unspecified atom stereocenters. The molecule has 10 heteroatoms. The fourth-order valence-corrected chi connectivity index (χ4v) is 5.20. The zero-order valence-corrected chi connectivity index (χ0v) is 22.4. The lowest BCUT2D eigenvalue weighted by molar-refractivity contribution is -0.190. The molecule has 0 bridgehead atoms. The van der Waals surface area contributed by atoms with Crippen LogP contribution in [0.1, 0.15) is 56.5 Å². The van der Waals surface area contributed by atoms with Crippen LogP contribution in [-0.2, 0) is 16.1 Å². The van der Waals surface area contributed by atoms with Gasteiger partial charge in [-0.05, 0) is 56.0 Å². The molecule has 0 saturated carbocycles. The van der Waals surface area contributed by atoms with Gasteiger partial charge >= 0.3 is 6.18 Å². The molecule has 0 aromatic heterocycles. The number of ketones is 1. The highest BCUT2D eigenvalue weighted by Gasteiger charge is 2.71. The van der Waals surface area contributed by atoms with E-state index in [1.165, 1.54) is 31.4 Å². The van der Waals surface area contributed by atoms with Crippen LogP contribution in [0.5, 0.6) is 11.5 Å². The number of amides is 2. The summed E-state index contributed by atoms with van der Waals surface area (Å²) >= 11 is 0. The molecular formula is C29H31F3N2O5. The number of alkyl halides is 3. The summed E-state index contributed by atoms with van der Waals surface area (Å²) in [4.78, 5) is 41.4. The largest absolute Gasteiger partial charge is 0.496 e. The molecule has 4 rings (SSSR count). The second-order valence-corrected chi connectivity index (χ2v) is 10.9. The molecule has 2 aromatic rings. The Morgan fingerprint density at radius 3 is 2.28 bits per heavy atom. The van der Waals surface area contributed by atoms with E-state index in [0.29, 0.717) is 17.1 Å². The van der Waals surface area contributed by atoms with Crippen molar-refractivity contribution in [3.05, 3.63) is 70.9 Å². The Hall–Kier alpha value is -3.82. The first-order valence-electron chi connectivity index (χ1n) is 12.6. The predicted octanol–water partition coefficient (Wildman–Crippen LogP) is 5.20. The number of ether oxygens (including phenoxy) is 2. The third-order valence-electron chi connectivity index (χ3n) is 6.85. The molecule has 1 heterocycles. The van der Waals surface area contributed by atoms with E-state index < -0.39 is 40.3 Å². The molecule has 1 aliphatic carbocycles. The highest BCUT2D eigenvalue weighted by Crippen LogP contribution is 2.52. The summed E-state index contributed by atoms with van der Waals surface area (Å²) in [5, 5.41) is 1.95. The smallest absolute Gasteiger partial charge is 0.425 e. The average molecular weight is 545 g/mol. The third kappa shape index (κ3) is 5.12. The lowest BCUT2D eigenvalue weighted by atomic mass is 9.72. The number of carbonyl (C=O) groups excluding carboxylic acids is 3. The van der Waals surface area contributed by atoms with Crippen molar-refractivity contribution in [1.82, 2.24) is 10.2 Å². The van der Waals surface area contributed by atoms with Crippen LogP contribution < -0.4 is 14.8 Å². The minimum absolute atomic E-state index is 0.0366. The highest BCUT2D eigenvalue weighted by atomic mass is 19.4. The monoisotopic (exact) mass is 544 g/mol. The van der Waals surface area contributed by atoms with Gasteiger partial charge in [0.1, 0.15) is 11.5 Å². The van der Waals surface area contributed by atoms with E-state index in [9.17, 15) is 14.4 Å². The number of hydrogen-bond donors (Lipinski definition) is 1. The fourth-order valence-electron chi connectivity index (χ4n) is 5.20. The normalized spacial score (nSPS) is 20.8. The molecule has 0 saturated heterocycles. The van der Waals surface area contributed by atoms with Crippen LogP contribution in [0.3, 0.4) is 0 Å². The van der Waals surface area contributed by atoms with E-state index in [2.05, 4.69) is 0 Å². The second kappa shape index (κ2) is 10.1. The predicted molar refractivity (Wildman–Crippen MR) is 137 cm³/mol. The number of nitrogens with one attached hydrogen (secondary N) is 1. The van der Waals surface area contributed by atoms with Gasteiger partial charge in [0.05, 0.1) is 25.3 Å². The van der Waals surface area contributed by atoms with Crippen molar-refractivity contribution in [2.75, 3.05) is 7.11 Å². The molecule has 1 N–H and O–H groups in total. The number of Topliss-reactive ketones (excluding diaryl/α,β-unsaturated/α-hetero) is 1. The zero-order valence-electron chi connectivity index (χ0n) is 22.4. The minimum Gasteiger partial charge on any atom is -0.496 e. The maximum absolute atomic E-state index is 15.1. The first-order valence-corrected chi connectivity index (χ1v) is 12.6. The fraction of sp³-hybridized carbons (Fsp3) is 0.414. The van der Waals surface area contributed by atoms with Gasteiger partial charge in [-0.1, -0.05) is 32.0 Å². The Kier molecular flexibility index (Phi) is 7.27. The van der Waals surface area contributed by atoms with E-state index in [-0.39, 0.29) is 36.8 Å². The van der Waals surface area contributed by atoms with E-state index in [1.807, 2.05) is 19.2 Å². The number of methoxy groups -OCH3 is 1. The van der Waals surface area contributed by atoms with Gasteiger partial charge in [-0.3, -0.25) is 14.4 Å². The van der Waals surface area contributed by atoms with Crippen molar-refractivity contribution >= 4 is 17.6 Å². The van der Waals surface area contributed by atoms with Crippen molar-refractivity contribution < 1.29 is 37.0 Å². The molecule has 1 atom stereocenters. The minimum atomic E-state index is -5.30.